The summed E-state index contributed by atoms with van der Waals surface area (Å²) in [5.41, 5.74) is 5.66. The number of nitrogens with zero attached hydrogens (tertiary/aromatic N) is 1. The number of nitrogen functional groups attached to an aromatic ring is 1. The maximum atomic E-state index is 10.8. The van der Waals surface area contributed by atoms with Gasteiger partial charge in [0.1, 0.15) is 0 Å². The number of rotatable bonds is 6. The molecule has 1 rings (SSSR count). The molecule has 0 aromatic carbocycles. The van der Waals surface area contributed by atoms with Crippen molar-refractivity contribution in [1.82, 2.24) is 4.98 Å². The summed E-state index contributed by atoms with van der Waals surface area (Å²) in [6.45, 7) is 4.82. The minimum atomic E-state index is -1.07. The van der Waals surface area contributed by atoms with Gasteiger partial charge in [-0.3, -0.25) is 0 Å². The molecule has 0 saturated heterocycles. The predicted octanol–water partition coefficient (Wildman–Crippen LogP) is 2.18. The molecule has 1 aromatic rings. The largest absolute Gasteiger partial charge is 0.478 e. The molecule has 1 heterocycles. The number of carboxylic acids is 1. The van der Waals surface area contributed by atoms with Crippen LogP contribution in [-0.4, -0.2) is 22.7 Å². The molecule has 1 aromatic heterocycles. The molecule has 0 radical (unpaired) electrons. The minimum Gasteiger partial charge on any atom is -0.478 e. The summed E-state index contributed by atoms with van der Waals surface area (Å²) in [6.07, 6.45) is 3.30. The van der Waals surface area contributed by atoms with E-state index in [2.05, 4.69) is 18.8 Å². The lowest BCUT2D eigenvalue weighted by atomic mass is 10.1. The monoisotopic (exact) mass is 238 g/mol. The van der Waals surface area contributed by atoms with E-state index in [-0.39, 0.29) is 11.3 Å². The molecule has 0 fully saturated rings. The van der Waals surface area contributed by atoms with E-state index in [1.807, 2.05) is 0 Å². The summed E-state index contributed by atoms with van der Waals surface area (Å²) in [6, 6.07) is 1.35. The number of carbonyl (C=O) groups is 1. The Morgan fingerprint density at radius 3 is 2.88 bits per heavy atom. The van der Waals surface area contributed by atoms with Gasteiger partial charge in [0.05, 0.1) is 24.1 Å². The second-order valence-corrected chi connectivity index (χ2v) is 4.30. The Bertz CT molecular complexity index is 391. The van der Waals surface area contributed by atoms with Crippen LogP contribution in [0.4, 0.5) is 5.69 Å². The Morgan fingerprint density at radius 1 is 1.59 bits per heavy atom. The van der Waals surface area contributed by atoms with Gasteiger partial charge in [-0.05, 0) is 18.8 Å². The van der Waals surface area contributed by atoms with Gasteiger partial charge in [-0.15, -0.1) is 0 Å². The number of nitrogens with two attached hydrogens (primary N) is 1. The average molecular weight is 238 g/mol. The maximum absolute atomic E-state index is 10.8. The number of hydrogen-bond donors (Lipinski definition) is 2. The molecule has 0 aliphatic carbocycles. The normalized spacial score (nSPS) is 10.5. The molecule has 0 atom stereocenters. The van der Waals surface area contributed by atoms with Gasteiger partial charge in [-0.1, -0.05) is 13.8 Å². The van der Waals surface area contributed by atoms with Gasteiger partial charge in [-0.2, -0.15) is 0 Å². The van der Waals surface area contributed by atoms with Crippen molar-refractivity contribution in [2.24, 2.45) is 5.92 Å². The molecule has 0 bridgehead atoms. The predicted molar refractivity (Wildman–Crippen MR) is 65.2 cm³/mol. The fourth-order valence-corrected chi connectivity index (χ4v) is 1.38. The summed E-state index contributed by atoms with van der Waals surface area (Å²) in [7, 11) is 0. The van der Waals surface area contributed by atoms with Crippen LogP contribution in [0.15, 0.2) is 12.3 Å². The maximum Gasteiger partial charge on any atom is 0.338 e. The Kier molecular flexibility index (Phi) is 4.75. The average Bonchev–Trinajstić information content (AvgIpc) is 2.25. The highest BCUT2D eigenvalue weighted by atomic mass is 16.5. The van der Waals surface area contributed by atoms with Crippen molar-refractivity contribution >= 4 is 11.7 Å². The third-order valence-electron chi connectivity index (χ3n) is 2.32. The summed E-state index contributed by atoms with van der Waals surface area (Å²) in [4.78, 5) is 14.8. The molecule has 94 valence electrons. The fourth-order valence-electron chi connectivity index (χ4n) is 1.38. The van der Waals surface area contributed by atoms with Crippen molar-refractivity contribution in [3.8, 4) is 5.88 Å². The van der Waals surface area contributed by atoms with Crippen LogP contribution in [0.1, 0.15) is 37.0 Å². The first-order chi connectivity index (χ1) is 8.00. The van der Waals surface area contributed by atoms with E-state index >= 15 is 0 Å². The van der Waals surface area contributed by atoms with Crippen LogP contribution in [-0.2, 0) is 0 Å². The van der Waals surface area contributed by atoms with Crippen LogP contribution in [0.3, 0.4) is 0 Å². The number of aromatic nitrogens is 1. The lowest BCUT2D eigenvalue weighted by molar-refractivity contribution is 0.0697. The minimum absolute atomic E-state index is 0.0267. The van der Waals surface area contributed by atoms with E-state index in [9.17, 15) is 4.79 Å². The third-order valence-corrected chi connectivity index (χ3v) is 2.32. The lowest BCUT2D eigenvalue weighted by Gasteiger charge is -2.08. The van der Waals surface area contributed by atoms with Gasteiger partial charge < -0.3 is 15.6 Å². The van der Waals surface area contributed by atoms with E-state index in [1.165, 1.54) is 12.3 Å². The number of hydrogen-bond acceptors (Lipinski definition) is 4. The number of ether oxygens (including phenoxy) is 1. The molecular weight excluding hydrogens is 220 g/mol. The van der Waals surface area contributed by atoms with Gasteiger partial charge in [-0.25, -0.2) is 9.78 Å². The first-order valence-corrected chi connectivity index (χ1v) is 5.62. The number of aromatic carboxylic acids is 1. The summed E-state index contributed by atoms with van der Waals surface area (Å²) in [5.74, 6) is -0.134. The van der Waals surface area contributed by atoms with Crippen molar-refractivity contribution < 1.29 is 14.6 Å². The summed E-state index contributed by atoms with van der Waals surface area (Å²) < 4.78 is 5.37. The number of pyridine rings is 1. The van der Waals surface area contributed by atoms with E-state index in [1.54, 1.807) is 0 Å². The van der Waals surface area contributed by atoms with Crippen molar-refractivity contribution in [2.75, 3.05) is 12.3 Å². The van der Waals surface area contributed by atoms with Crippen molar-refractivity contribution in [3.63, 3.8) is 0 Å². The molecule has 0 aliphatic heterocycles. The zero-order valence-corrected chi connectivity index (χ0v) is 10.1. The van der Waals surface area contributed by atoms with Crippen LogP contribution < -0.4 is 10.5 Å². The second kappa shape index (κ2) is 6.08. The molecule has 0 aliphatic rings. The molecule has 0 saturated carbocycles. The van der Waals surface area contributed by atoms with E-state index in [0.29, 0.717) is 18.4 Å². The van der Waals surface area contributed by atoms with Crippen molar-refractivity contribution in [2.45, 2.75) is 26.7 Å². The van der Waals surface area contributed by atoms with Gasteiger partial charge >= 0.3 is 5.97 Å². The van der Waals surface area contributed by atoms with Crippen LogP contribution in [0.2, 0.25) is 0 Å². The standard InChI is InChI=1S/C12H18N2O3/c1-8(2)4-3-5-17-11-6-9(12(15)16)10(13)7-14-11/h6-8H,3-5,13H2,1-2H3,(H,15,16). The van der Waals surface area contributed by atoms with E-state index < -0.39 is 5.97 Å². The first-order valence-electron chi connectivity index (χ1n) is 5.62. The molecule has 0 spiro atoms. The van der Waals surface area contributed by atoms with Crippen molar-refractivity contribution in [3.05, 3.63) is 17.8 Å². The van der Waals surface area contributed by atoms with E-state index in [4.69, 9.17) is 15.6 Å². The van der Waals surface area contributed by atoms with Crippen LogP contribution in [0.25, 0.3) is 0 Å². The quantitative estimate of drug-likeness (QED) is 0.742. The molecule has 3 N–H and O–H groups in total. The Morgan fingerprint density at radius 2 is 2.29 bits per heavy atom. The first kappa shape index (κ1) is 13.3. The Hall–Kier alpha value is -1.78. The number of anilines is 1. The highest BCUT2D eigenvalue weighted by molar-refractivity contribution is 5.93. The number of carboxylic acid groups (broad SMARTS) is 1. The summed E-state index contributed by atoms with van der Waals surface area (Å²) >= 11 is 0. The zero-order chi connectivity index (χ0) is 12.8. The Labute approximate surface area is 101 Å². The van der Waals surface area contributed by atoms with Gasteiger partial charge in [0.25, 0.3) is 0 Å². The summed E-state index contributed by atoms with van der Waals surface area (Å²) in [5, 5.41) is 8.87. The third kappa shape index (κ3) is 4.30. The fraction of sp³-hybridized carbons (Fsp3) is 0.500. The molecule has 0 unspecified atom stereocenters. The molecule has 5 nitrogen and oxygen atoms in total. The SMILES string of the molecule is CC(C)CCCOc1cc(C(=O)O)c(N)cn1. The second-order valence-electron chi connectivity index (χ2n) is 4.30. The highest BCUT2D eigenvalue weighted by Crippen LogP contribution is 2.16. The van der Waals surface area contributed by atoms with Gasteiger partial charge in [0.2, 0.25) is 5.88 Å². The van der Waals surface area contributed by atoms with Crippen LogP contribution in [0, 0.1) is 5.92 Å². The zero-order valence-electron chi connectivity index (χ0n) is 10.1. The van der Waals surface area contributed by atoms with Crippen molar-refractivity contribution in [1.29, 1.82) is 0 Å². The highest BCUT2D eigenvalue weighted by Gasteiger charge is 2.10. The van der Waals surface area contributed by atoms with Crippen LogP contribution >= 0.6 is 0 Å². The van der Waals surface area contributed by atoms with Crippen LogP contribution in [0.5, 0.6) is 5.88 Å². The van der Waals surface area contributed by atoms with Gasteiger partial charge in [0.15, 0.2) is 0 Å². The Balaban J connectivity index is 2.54. The van der Waals surface area contributed by atoms with E-state index in [0.717, 1.165) is 12.8 Å². The molecule has 0 amide bonds. The topological polar surface area (TPSA) is 85.4 Å². The van der Waals surface area contributed by atoms with Gasteiger partial charge in [0, 0.05) is 6.07 Å². The smallest absolute Gasteiger partial charge is 0.338 e. The molecule has 5 heteroatoms. The lowest BCUT2D eigenvalue weighted by Crippen LogP contribution is -2.06. The molecular formula is C12H18N2O3. The molecule has 17 heavy (non-hydrogen) atoms.